The van der Waals surface area contributed by atoms with Crippen molar-refractivity contribution >= 4 is 49.2 Å². The number of thiophene rings is 1. The standard InChI is InChI=1S/C15H9ClNS2/c16-12-3-1-2-11(8-12)13-9-17-6-4-10-5-7-18-14(10)15(17)19-13/h1-9H/q+1. The summed E-state index contributed by atoms with van der Waals surface area (Å²) in [4.78, 5) is 2.53. The summed E-state index contributed by atoms with van der Waals surface area (Å²) in [6.45, 7) is 0. The van der Waals surface area contributed by atoms with Crippen LogP contribution in [0.3, 0.4) is 0 Å². The van der Waals surface area contributed by atoms with Gasteiger partial charge in [-0.3, -0.25) is 0 Å². The maximum absolute atomic E-state index is 6.07. The number of rotatable bonds is 1. The van der Waals surface area contributed by atoms with E-state index in [0.717, 1.165) is 5.02 Å². The molecule has 0 N–H and O–H groups in total. The Labute approximate surface area is 123 Å². The van der Waals surface area contributed by atoms with Crippen molar-refractivity contribution in [1.82, 2.24) is 0 Å². The highest BCUT2D eigenvalue weighted by Gasteiger charge is 2.15. The quantitative estimate of drug-likeness (QED) is 0.435. The van der Waals surface area contributed by atoms with Crippen LogP contribution in [0.5, 0.6) is 0 Å². The maximum atomic E-state index is 6.07. The normalized spacial score (nSPS) is 11.4. The maximum Gasteiger partial charge on any atom is 0.285 e. The second-order valence-corrected chi connectivity index (χ2v) is 6.72. The molecule has 4 heteroatoms. The molecule has 0 unspecified atom stereocenters. The predicted octanol–water partition coefficient (Wildman–Crippen LogP) is 5.02. The molecule has 0 saturated heterocycles. The minimum Gasteiger partial charge on any atom is -0.155 e. The van der Waals surface area contributed by atoms with E-state index in [-0.39, 0.29) is 0 Å². The summed E-state index contributed by atoms with van der Waals surface area (Å²) in [6, 6.07) is 12.3. The van der Waals surface area contributed by atoms with Crippen LogP contribution in [0, 0.1) is 0 Å². The van der Waals surface area contributed by atoms with Crippen LogP contribution in [0.25, 0.3) is 25.4 Å². The van der Waals surface area contributed by atoms with Crippen LogP contribution in [-0.4, -0.2) is 0 Å². The van der Waals surface area contributed by atoms with E-state index in [1.807, 2.05) is 29.5 Å². The Hall–Kier alpha value is -1.42. The van der Waals surface area contributed by atoms with Crippen LogP contribution in [0.4, 0.5) is 0 Å². The first-order valence-electron chi connectivity index (χ1n) is 5.88. The first-order chi connectivity index (χ1) is 9.31. The average molecular weight is 303 g/mol. The molecular weight excluding hydrogens is 294 g/mol. The first-order valence-corrected chi connectivity index (χ1v) is 7.96. The number of fused-ring (bicyclic) bond motifs is 3. The summed E-state index contributed by atoms with van der Waals surface area (Å²) in [7, 11) is 0. The van der Waals surface area contributed by atoms with Crippen molar-refractivity contribution < 1.29 is 4.40 Å². The Morgan fingerprint density at radius 3 is 2.95 bits per heavy atom. The second kappa shape index (κ2) is 4.30. The largest absolute Gasteiger partial charge is 0.285 e. The minimum atomic E-state index is 0.779. The number of nitrogens with zero attached hydrogens (tertiary/aromatic N) is 1. The van der Waals surface area contributed by atoms with Crippen molar-refractivity contribution in [1.29, 1.82) is 0 Å². The molecule has 0 fully saturated rings. The smallest absolute Gasteiger partial charge is 0.155 e. The number of hydrogen-bond donors (Lipinski definition) is 0. The van der Waals surface area contributed by atoms with Gasteiger partial charge in [0.05, 0.1) is 0 Å². The molecule has 4 rings (SSSR count). The van der Waals surface area contributed by atoms with E-state index in [0.29, 0.717) is 0 Å². The van der Waals surface area contributed by atoms with Gasteiger partial charge < -0.3 is 0 Å². The third-order valence-corrected chi connectivity index (χ3v) is 5.58. The molecule has 0 bridgehead atoms. The Balaban J connectivity index is 2.01. The van der Waals surface area contributed by atoms with E-state index in [4.69, 9.17) is 11.6 Å². The molecule has 92 valence electrons. The Morgan fingerprint density at radius 2 is 2.05 bits per heavy atom. The Morgan fingerprint density at radius 1 is 1.11 bits per heavy atom. The Kier molecular flexibility index (Phi) is 2.58. The molecule has 3 heterocycles. The summed E-state index contributed by atoms with van der Waals surface area (Å²) >= 11 is 9.67. The summed E-state index contributed by atoms with van der Waals surface area (Å²) in [5, 5.41) is 4.23. The van der Waals surface area contributed by atoms with E-state index in [1.165, 1.54) is 25.4 Å². The fourth-order valence-electron chi connectivity index (χ4n) is 2.20. The zero-order valence-electron chi connectivity index (χ0n) is 9.84. The van der Waals surface area contributed by atoms with Crippen LogP contribution >= 0.6 is 34.3 Å². The zero-order valence-corrected chi connectivity index (χ0v) is 12.2. The van der Waals surface area contributed by atoms with Gasteiger partial charge in [0.15, 0.2) is 12.4 Å². The lowest BCUT2D eigenvalue weighted by molar-refractivity contribution is -0.505. The highest BCUT2D eigenvalue weighted by Crippen LogP contribution is 2.32. The number of hydrogen-bond acceptors (Lipinski definition) is 2. The van der Waals surface area contributed by atoms with Crippen LogP contribution in [0.1, 0.15) is 0 Å². The van der Waals surface area contributed by atoms with Crippen molar-refractivity contribution in [2.24, 2.45) is 0 Å². The minimum absolute atomic E-state index is 0.779. The molecule has 1 nitrogen and oxygen atoms in total. The number of aromatic nitrogens is 1. The van der Waals surface area contributed by atoms with E-state index >= 15 is 0 Å². The van der Waals surface area contributed by atoms with Crippen molar-refractivity contribution in [2.75, 3.05) is 0 Å². The molecule has 0 aliphatic heterocycles. The number of thiazole rings is 1. The molecular formula is C15H9ClNS2+. The molecule has 4 aromatic rings. The van der Waals surface area contributed by atoms with Crippen molar-refractivity contribution in [2.45, 2.75) is 0 Å². The molecule has 0 amide bonds. The molecule has 0 atom stereocenters. The number of pyridine rings is 1. The number of benzene rings is 1. The fourth-order valence-corrected chi connectivity index (χ4v) is 4.54. The molecule has 19 heavy (non-hydrogen) atoms. The van der Waals surface area contributed by atoms with E-state index < -0.39 is 0 Å². The van der Waals surface area contributed by atoms with Crippen LogP contribution in [0.2, 0.25) is 5.02 Å². The second-order valence-electron chi connectivity index (χ2n) is 4.34. The lowest BCUT2D eigenvalue weighted by Crippen LogP contribution is -2.15. The van der Waals surface area contributed by atoms with Crippen molar-refractivity contribution in [3.8, 4) is 10.4 Å². The highest BCUT2D eigenvalue weighted by atomic mass is 35.5. The van der Waals surface area contributed by atoms with Gasteiger partial charge in [0.25, 0.3) is 4.83 Å². The molecule has 3 aromatic heterocycles. The molecule has 1 aromatic carbocycles. The average Bonchev–Trinajstić information content (AvgIpc) is 3.04. The van der Waals surface area contributed by atoms with Crippen LogP contribution in [0.15, 0.2) is 54.2 Å². The summed E-state index contributed by atoms with van der Waals surface area (Å²) < 4.78 is 3.54. The van der Waals surface area contributed by atoms with E-state index in [1.54, 1.807) is 11.3 Å². The van der Waals surface area contributed by atoms with Gasteiger partial charge in [-0.2, -0.15) is 4.40 Å². The SMILES string of the molecule is Clc1cccc(-c2c[n+]3ccc4ccsc4c3s2)c1. The number of halogens is 1. The monoisotopic (exact) mass is 302 g/mol. The van der Waals surface area contributed by atoms with Crippen LogP contribution in [-0.2, 0) is 0 Å². The van der Waals surface area contributed by atoms with E-state index in [2.05, 4.69) is 40.4 Å². The van der Waals surface area contributed by atoms with Gasteiger partial charge in [0.2, 0.25) is 0 Å². The van der Waals surface area contributed by atoms with Gasteiger partial charge in [-0.15, -0.1) is 11.3 Å². The lowest BCUT2D eigenvalue weighted by atomic mass is 10.2. The third kappa shape index (κ3) is 1.86. The highest BCUT2D eigenvalue weighted by molar-refractivity contribution is 7.26. The molecule has 0 saturated carbocycles. The molecule has 0 aliphatic rings. The Bertz CT molecular complexity index is 891. The summed E-state index contributed by atoms with van der Waals surface area (Å²) in [5.74, 6) is 0. The fraction of sp³-hybridized carbons (Fsp3) is 0. The molecule has 0 aliphatic carbocycles. The van der Waals surface area contributed by atoms with Gasteiger partial charge in [0, 0.05) is 16.5 Å². The van der Waals surface area contributed by atoms with Gasteiger partial charge >= 0.3 is 0 Å². The lowest BCUT2D eigenvalue weighted by Gasteiger charge is -1.93. The summed E-state index contributed by atoms with van der Waals surface area (Å²) in [6.07, 6.45) is 4.29. The van der Waals surface area contributed by atoms with Gasteiger partial charge in [-0.25, -0.2) is 0 Å². The zero-order chi connectivity index (χ0) is 12.8. The predicted molar refractivity (Wildman–Crippen MR) is 83.3 cm³/mol. The third-order valence-electron chi connectivity index (χ3n) is 3.11. The van der Waals surface area contributed by atoms with Gasteiger partial charge in [0.1, 0.15) is 9.58 Å². The topological polar surface area (TPSA) is 4.10 Å². The summed E-state index contributed by atoms with van der Waals surface area (Å²) in [5.41, 5.74) is 1.17. The van der Waals surface area contributed by atoms with Crippen molar-refractivity contribution in [3.05, 3.63) is 59.2 Å². The van der Waals surface area contributed by atoms with Gasteiger partial charge in [-0.1, -0.05) is 35.1 Å². The van der Waals surface area contributed by atoms with Crippen molar-refractivity contribution in [3.63, 3.8) is 0 Å². The van der Waals surface area contributed by atoms with Gasteiger partial charge in [-0.05, 0) is 29.1 Å². The van der Waals surface area contributed by atoms with E-state index in [9.17, 15) is 0 Å². The molecule has 0 spiro atoms. The molecule has 0 radical (unpaired) electrons. The first kappa shape index (κ1) is 11.4. The van der Waals surface area contributed by atoms with Crippen LogP contribution < -0.4 is 4.40 Å².